The first-order valence-corrected chi connectivity index (χ1v) is 7.59. The van der Waals surface area contributed by atoms with Crippen molar-refractivity contribution in [1.29, 1.82) is 0 Å². The summed E-state index contributed by atoms with van der Waals surface area (Å²) in [6, 6.07) is 14.0. The van der Waals surface area contributed by atoms with Crippen LogP contribution in [0.1, 0.15) is 5.56 Å². The van der Waals surface area contributed by atoms with Gasteiger partial charge in [0.1, 0.15) is 18.5 Å². The summed E-state index contributed by atoms with van der Waals surface area (Å²) in [5.74, 6) is 0.672. The van der Waals surface area contributed by atoms with E-state index in [1.54, 1.807) is 24.3 Å². The highest BCUT2D eigenvalue weighted by atomic mass is 35.5. The lowest BCUT2D eigenvalue weighted by atomic mass is 10.2. The number of aliphatic hydroxyl groups is 1. The normalized spacial score (nSPS) is 11.6. The number of rotatable bonds is 6. The number of para-hydroxylation sites is 1. The number of nitrogens with one attached hydrogen (secondary N) is 2. The molecule has 0 aliphatic carbocycles. The molecule has 1 atom stereocenters. The van der Waals surface area contributed by atoms with Gasteiger partial charge in [0, 0.05) is 17.3 Å². The molecule has 2 aromatic rings. The highest BCUT2D eigenvalue weighted by Crippen LogP contribution is 2.19. The molecule has 3 N–H and O–H groups in total. The van der Waals surface area contributed by atoms with Gasteiger partial charge >= 0.3 is 6.03 Å². The predicted octanol–water partition coefficient (Wildman–Crippen LogP) is 3.21. The number of carbonyl (C=O) groups is 1. The molecule has 0 fully saturated rings. The number of hydrogen-bond acceptors (Lipinski definition) is 3. The molecule has 0 saturated carbocycles. The number of aryl methyl sites for hydroxylation is 1. The average molecular weight is 335 g/mol. The van der Waals surface area contributed by atoms with Crippen molar-refractivity contribution in [1.82, 2.24) is 5.32 Å². The zero-order valence-electron chi connectivity index (χ0n) is 12.8. The topological polar surface area (TPSA) is 70.6 Å². The van der Waals surface area contributed by atoms with Gasteiger partial charge in [-0.2, -0.15) is 0 Å². The van der Waals surface area contributed by atoms with Crippen molar-refractivity contribution in [3.8, 4) is 5.75 Å². The molecule has 0 bridgehead atoms. The molecule has 0 radical (unpaired) electrons. The van der Waals surface area contributed by atoms with Gasteiger partial charge in [-0.3, -0.25) is 0 Å². The molecule has 2 aromatic carbocycles. The smallest absolute Gasteiger partial charge is 0.319 e. The molecule has 0 unspecified atom stereocenters. The van der Waals surface area contributed by atoms with Gasteiger partial charge in [-0.25, -0.2) is 4.79 Å². The van der Waals surface area contributed by atoms with Crippen LogP contribution < -0.4 is 15.4 Å². The molecule has 0 aliphatic rings. The minimum absolute atomic E-state index is 0.0816. The van der Waals surface area contributed by atoms with E-state index in [1.165, 1.54) is 0 Å². The fraction of sp³-hybridized carbons (Fsp3) is 0.235. The van der Waals surface area contributed by atoms with E-state index in [-0.39, 0.29) is 13.2 Å². The number of halogens is 1. The fourth-order valence-corrected chi connectivity index (χ4v) is 2.05. The number of anilines is 1. The number of benzene rings is 2. The number of amides is 2. The van der Waals surface area contributed by atoms with Crippen LogP contribution in [0.5, 0.6) is 5.75 Å². The minimum Gasteiger partial charge on any atom is -0.491 e. The van der Waals surface area contributed by atoms with Gasteiger partial charge < -0.3 is 20.5 Å². The van der Waals surface area contributed by atoms with Crippen LogP contribution in [0.2, 0.25) is 5.02 Å². The van der Waals surface area contributed by atoms with Crippen LogP contribution in [-0.4, -0.2) is 30.4 Å². The van der Waals surface area contributed by atoms with Crippen LogP contribution in [0.25, 0.3) is 0 Å². The molecule has 0 saturated heterocycles. The monoisotopic (exact) mass is 334 g/mol. The van der Waals surface area contributed by atoms with Crippen molar-refractivity contribution in [2.45, 2.75) is 13.0 Å². The number of carbonyl (C=O) groups excluding carboxylic acids is 1. The number of hydrogen-bond donors (Lipinski definition) is 3. The SMILES string of the molecule is Cc1ccc(Cl)cc1NC(=O)NC[C@H](O)COc1ccccc1. The Labute approximate surface area is 140 Å². The van der Waals surface area contributed by atoms with Crippen LogP contribution in [0.15, 0.2) is 48.5 Å². The van der Waals surface area contributed by atoms with Crippen LogP contribution in [-0.2, 0) is 0 Å². The molecule has 0 aromatic heterocycles. The first-order chi connectivity index (χ1) is 11.0. The number of urea groups is 1. The van der Waals surface area contributed by atoms with E-state index in [4.69, 9.17) is 16.3 Å². The highest BCUT2D eigenvalue weighted by Gasteiger charge is 2.09. The van der Waals surface area contributed by atoms with Gasteiger partial charge in [-0.05, 0) is 36.8 Å². The maximum atomic E-state index is 11.8. The van der Waals surface area contributed by atoms with Gasteiger partial charge in [-0.1, -0.05) is 35.9 Å². The van der Waals surface area contributed by atoms with Crippen molar-refractivity contribution in [3.63, 3.8) is 0 Å². The third-order valence-electron chi connectivity index (χ3n) is 3.13. The predicted molar refractivity (Wildman–Crippen MR) is 91.2 cm³/mol. The number of aliphatic hydroxyl groups excluding tert-OH is 1. The molecule has 23 heavy (non-hydrogen) atoms. The Hall–Kier alpha value is -2.24. The van der Waals surface area contributed by atoms with E-state index < -0.39 is 12.1 Å². The first-order valence-electron chi connectivity index (χ1n) is 7.21. The van der Waals surface area contributed by atoms with Crippen LogP contribution in [0.3, 0.4) is 0 Å². The summed E-state index contributed by atoms with van der Waals surface area (Å²) in [5, 5.41) is 15.7. The quantitative estimate of drug-likeness (QED) is 0.759. The highest BCUT2D eigenvalue weighted by molar-refractivity contribution is 6.31. The van der Waals surface area contributed by atoms with Crippen molar-refractivity contribution >= 4 is 23.3 Å². The molecular weight excluding hydrogens is 316 g/mol. The third-order valence-corrected chi connectivity index (χ3v) is 3.37. The van der Waals surface area contributed by atoms with Crippen molar-refractivity contribution in [2.75, 3.05) is 18.5 Å². The average Bonchev–Trinajstić information content (AvgIpc) is 2.55. The maximum Gasteiger partial charge on any atom is 0.319 e. The van der Waals surface area contributed by atoms with E-state index in [0.717, 1.165) is 5.56 Å². The zero-order valence-corrected chi connectivity index (χ0v) is 13.5. The largest absolute Gasteiger partial charge is 0.491 e. The summed E-state index contributed by atoms with van der Waals surface area (Å²) in [6.07, 6.45) is -0.804. The van der Waals surface area contributed by atoms with E-state index in [9.17, 15) is 9.90 Å². The zero-order chi connectivity index (χ0) is 16.7. The second-order valence-corrected chi connectivity index (χ2v) is 5.51. The lowest BCUT2D eigenvalue weighted by molar-refractivity contribution is 0.108. The minimum atomic E-state index is -0.804. The Morgan fingerprint density at radius 3 is 2.74 bits per heavy atom. The standard InChI is InChI=1S/C17H19ClN2O3/c1-12-7-8-13(18)9-16(12)20-17(22)19-10-14(21)11-23-15-5-3-2-4-6-15/h2-9,14,21H,10-11H2,1H3,(H2,19,20,22)/t14-/m0/s1. The summed E-state index contributed by atoms with van der Waals surface area (Å²) in [6.45, 7) is 2.05. The molecule has 122 valence electrons. The summed E-state index contributed by atoms with van der Waals surface area (Å²) in [4.78, 5) is 11.8. The molecule has 0 spiro atoms. The molecule has 2 amide bonds. The summed E-state index contributed by atoms with van der Waals surface area (Å²) >= 11 is 5.90. The maximum absolute atomic E-state index is 11.8. The van der Waals surface area contributed by atoms with Crippen LogP contribution >= 0.6 is 11.6 Å². The fourth-order valence-electron chi connectivity index (χ4n) is 1.87. The van der Waals surface area contributed by atoms with Gasteiger partial charge in [0.2, 0.25) is 0 Å². The summed E-state index contributed by atoms with van der Waals surface area (Å²) < 4.78 is 5.41. The van der Waals surface area contributed by atoms with E-state index in [2.05, 4.69) is 10.6 Å². The molecule has 5 nitrogen and oxygen atoms in total. The molecule has 0 heterocycles. The first kappa shape index (κ1) is 17.1. The van der Waals surface area contributed by atoms with Gasteiger partial charge in [0.25, 0.3) is 0 Å². The van der Waals surface area contributed by atoms with Crippen molar-refractivity contribution < 1.29 is 14.6 Å². The Bertz CT molecular complexity index is 650. The Balaban J connectivity index is 1.74. The van der Waals surface area contributed by atoms with Crippen LogP contribution in [0.4, 0.5) is 10.5 Å². The lowest BCUT2D eigenvalue weighted by Gasteiger charge is -2.14. The molecule has 0 aliphatic heterocycles. The molecule has 2 rings (SSSR count). The Morgan fingerprint density at radius 2 is 2.00 bits per heavy atom. The lowest BCUT2D eigenvalue weighted by Crippen LogP contribution is -2.37. The van der Waals surface area contributed by atoms with Crippen LogP contribution in [0, 0.1) is 6.92 Å². The van der Waals surface area contributed by atoms with Gasteiger partial charge in [-0.15, -0.1) is 0 Å². The van der Waals surface area contributed by atoms with E-state index >= 15 is 0 Å². The molecule has 6 heteroatoms. The second kappa shape index (κ2) is 8.41. The summed E-state index contributed by atoms with van der Waals surface area (Å²) in [5.41, 5.74) is 1.53. The van der Waals surface area contributed by atoms with Gasteiger partial charge in [0.15, 0.2) is 0 Å². The van der Waals surface area contributed by atoms with Crippen molar-refractivity contribution in [2.24, 2.45) is 0 Å². The van der Waals surface area contributed by atoms with Gasteiger partial charge in [0.05, 0.1) is 0 Å². The third kappa shape index (κ3) is 5.81. The van der Waals surface area contributed by atoms with E-state index in [0.29, 0.717) is 16.5 Å². The Morgan fingerprint density at radius 1 is 1.26 bits per heavy atom. The number of ether oxygens (including phenoxy) is 1. The second-order valence-electron chi connectivity index (χ2n) is 5.07. The Kier molecular flexibility index (Phi) is 6.26. The molecular formula is C17H19ClN2O3. The summed E-state index contributed by atoms with van der Waals surface area (Å²) in [7, 11) is 0. The van der Waals surface area contributed by atoms with E-state index in [1.807, 2.05) is 31.2 Å². The van der Waals surface area contributed by atoms with Crippen molar-refractivity contribution in [3.05, 3.63) is 59.1 Å².